The molecule has 1 N–H and O–H groups in total. The lowest BCUT2D eigenvalue weighted by molar-refractivity contribution is 0.0661. The molecule has 1 aromatic rings. The van der Waals surface area contributed by atoms with Crippen LogP contribution in [0.5, 0.6) is 0 Å². The fourth-order valence-corrected chi connectivity index (χ4v) is 4.58. The third kappa shape index (κ3) is 3.47. The van der Waals surface area contributed by atoms with E-state index in [4.69, 9.17) is 9.52 Å². The maximum Gasteiger partial charge on any atom is 0.371 e. The SMILES string of the molecule is CN1CCC(CN(C)S(=O)(=O)c2cc(C(=O)O)oc2Br)C1. The second-order valence-electron chi connectivity index (χ2n) is 5.26. The van der Waals surface area contributed by atoms with Gasteiger partial charge in [-0.2, -0.15) is 0 Å². The predicted octanol–water partition coefficient (Wildman–Crippen LogP) is 1.31. The number of aromatic carboxylic acids is 1. The molecule has 0 radical (unpaired) electrons. The largest absolute Gasteiger partial charge is 0.475 e. The molecule has 0 saturated carbocycles. The zero-order valence-electron chi connectivity index (χ0n) is 11.7. The molecule has 1 fully saturated rings. The van der Waals surface area contributed by atoms with E-state index in [1.54, 1.807) is 0 Å². The van der Waals surface area contributed by atoms with E-state index < -0.39 is 21.8 Å². The monoisotopic (exact) mass is 380 g/mol. The Kier molecular flexibility index (Phi) is 4.76. The number of furan rings is 1. The van der Waals surface area contributed by atoms with Gasteiger partial charge in [0.2, 0.25) is 15.8 Å². The van der Waals surface area contributed by atoms with Gasteiger partial charge >= 0.3 is 5.97 Å². The number of halogens is 1. The van der Waals surface area contributed by atoms with Crippen molar-refractivity contribution < 1.29 is 22.7 Å². The fraction of sp³-hybridized carbons (Fsp3) is 0.583. The minimum absolute atomic E-state index is 0.0877. The molecule has 2 heterocycles. The van der Waals surface area contributed by atoms with Gasteiger partial charge in [-0.05, 0) is 41.9 Å². The molecule has 0 bridgehead atoms. The number of hydrogen-bond acceptors (Lipinski definition) is 5. The molecule has 0 aromatic carbocycles. The van der Waals surface area contributed by atoms with E-state index in [9.17, 15) is 13.2 Å². The summed E-state index contributed by atoms with van der Waals surface area (Å²) >= 11 is 2.97. The van der Waals surface area contributed by atoms with Crippen molar-refractivity contribution in [3.8, 4) is 0 Å². The van der Waals surface area contributed by atoms with Crippen molar-refractivity contribution in [3.63, 3.8) is 0 Å². The molecule has 7 nitrogen and oxygen atoms in total. The summed E-state index contributed by atoms with van der Waals surface area (Å²) in [7, 11) is -0.283. The molecule has 1 atom stereocenters. The minimum atomic E-state index is -3.78. The number of carboxylic acids is 1. The minimum Gasteiger partial charge on any atom is -0.475 e. The average Bonchev–Trinajstić information content (AvgIpc) is 2.96. The van der Waals surface area contributed by atoms with Crippen molar-refractivity contribution in [1.82, 2.24) is 9.21 Å². The zero-order chi connectivity index (χ0) is 15.8. The Morgan fingerprint density at radius 1 is 1.62 bits per heavy atom. The van der Waals surface area contributed by atoms with Crippen molar-refractivity contribution in [2.45, 2.75) is 11.3 Å². The summed E-state index contributed by atoms with van der Waals surface area (Å²) < 4.78 is 31.0. The van der Waals surface area contributed by atoms with Gasteiger partial charge in [-0.3, -0.25) is 0 Å². The van der Waals surface area contributed by atoms with E-state index in [1.165, 1.54) is 11.4 Å². The molecule has 118 valence electrons. The molecule has 1 aliphatic heterocycles. The quantitative estimate of drug-likeness (QED) is 0.827. The Morgan fingerprint density at radius 2 is 2.29 bits per heavy atom. The molecule has 1 unspecified atom stereocenters. The van der Waals surface area contributed by atoms with Crippen LogP contribution in [0.15, 0.2) is 20.0 Å². The van der Waals surface area contributed by atoms with Gasteiger partial charge in [0.25, 0.3) is 0 Å². The van der Waals surface area contributed by atoms with Crippen molar-refractivity contribution >= 4 is 31.9 Å². The van der Waals surface area contributed by atoms with Crippen molar-refractivity contribution in [1.29, 1.82) is 0 Å². The third-order valence-electron chi connectivity index (χ3n) is 3.56. The van der Waals surface area contributed by atoms with Crippen LogP contribution in [-0.2, 0) is 10.0 Å². The maximum atomic E-state index is 12.5. The first kappa shape index (κ1) is 16.5. The van der Waals surface area contributed by atoms with Crippen LogP contribution in [0.4, 0.5) is 0 Å². The number of hydrogen-bond donors (Lipinski definition) is 1. The first-order valence-corrected chi connectivity index (χ1v) is 8.62. The van der Waals surface area contributed by atoms with Gasteiger partial charge in [-0.1, -0.05) is 0 Å². The van der Waals surface area contributed by atoms with Crippen molar-refractivity contribution in [2.24, 2.45) is 5.92 Å². The summed E-state index contributed by atoms with van der Waals surface area (Å²) in [6, 6.07) is 1.03. The number of carbonyl (C=O) groups is 1. The molecule has 0 amide bonds. The summed E-state index contributed by atoms with van der Waals surface area (Å²) in [4.78, 5) is 12.8. The Morgan fingerprint density at radius 3 is 2.76 bits per heavy atom. The summed E-state index contributed by atoms with van der Waals surface area (Å²) in [6.07, 6.45) is 0.948. The second-order valence-corrected chi connectivity index (χ2v) is 7.99. The Hall–Kier alpha value is -0.900. The molecule has 1 aromatic heterocycles. The van der Waals surface area contributed by atoms with Crippen LogP contribution in [0.3, 0.4) is 0 Å². The van der Waals surface area contributed by atoms with E-state index >= 15 is 0 Å². The smallest absolute Gasteiger partial charge is 0.371 e. The van der Waals surface area contributed by atoms with Gasteiger partial charge in [0.05, 0.1) is 0 Å². The van der Waals surface area contributed by atoms with Crippen LogP contribution in [0.25, 0.3) is 0 Å². The summed E-state index contributed by atoms with van der Waals surface area (Å²) in [5.74, 6) is -1.44. The molecule has 21 heavy (non-hydrogen) atoms. The number of likely N-dealkylation sites (tertiary alicyclic amines) is 1. The van der Waals surface area contributed by atoms with Crippen molar-refractivity contribution in [2.75, 3.05) is 33.7 Å². The second kappa shape index (κ2) is 6.07. The summed E-state index contributed by atoms with van der Waals surface area (Å²) in [5.41, 5.74) is 0. The lowest BCUT2D eigenvalue weighted by Crippen LogP contribution is -2.32. The molecular weight excluding hydrogens is 364 g/mol. The third-order valence-corrected chi connectivity index (χ3v) is 6.24. The Bertz CT molecular complexity index is 642. The normalized spacial score (nSPS) is 20.3. The van der Waals surface area contributed by atoms with Crippen LogP contribution in [0, 0.1) is 5.92 Å². The fourth-order valence-electron chi connectivity index (χ4n) is 2.44. The lowest BCUT2D eigenvalue weighted by atomic mass is 10.1. The van der Waals surface area contributed by atoms with Gasteiger partial charge in [-0.25, -0.2) is 17.5 Å². The number of rotatable bonds is 5. The van der Waals surface area contributed by atoms with E-state index in [0.29, 0.717) is 6.54 Å². The van der Waals surface area contributed by atoms with Crippen LogP contribution < -0.4 is 0 Å². The predicted molar refractivity (Wildman–Crippen MR) is 78.8 cm³/mol. The van der Waals surface area contributed by atoms with E-state index in [0.717, 1.165) is 25.6 Å². The van der Waals surface area contributed by atoms with E-state index in [-0.39, 0.29) is 15.5 Å². The molecule has 1 saturated heterocycles. The molecule has 9 heteroatoms. The van der Waals surface area contributed by atoms with Gasteiger partial charge in [-0.15, -0.1) is 0 Å². The van der Waals surface area contributed by atoms with Crippen LogP contribution in [0.2, 0.25) is 0 Å². The van der Waals surface area contributed by atoms with Crippen molar-refractivity contribution in [3.05, 3.63) is 16.5 Å². The van der Waals surface area contributed by atoms with Crippen LogP contribution in [0.1, 0.15) is 17.0 Å². The number of carboxylic acid groups (broad SMARTS) is 1. The first-order chi connectivity index (χ1) is 9.71. The topological polar surface area (TPSA) is 91.1 Å². The van der Waals surface area contributed by atoms with E-state index in [1.807, 2.05) is 7.05 Å². The number of sulfonamides is 1. The average molecular weight is 381 g/mol. The highest BCUT2D eigenvalue weighted by Gasteiger charge is 2.31. The lowest BCUT2D eigenvalue weighted by Gasteiger charge is -2.20. The molecule has 0 aliphatic carbocycles. The molecule has 1 aliphatic rings. The molecular formula is C12H17BrN2O5S. The standard InChI is InChI=1S/C12H17BrN2O5S/c1-14-4-3-8(6-14)7-15(2)21(18,19)10-5-9(12(16)17)20-11(10)13/h5,8H,3-4,6-7H2,1-2H3,(H,16,17). The molecule has 2 rings (SSSR count). The molecule has 0 spiro atoms. The van der Waals surface area contributed by atoms with Gasteiger partial charge in [0, 0.05) is 26.2 Å². The summed E-state index contributed by atoms with van der Waals surface area (Å²) in [6.45, 7) is 2.20. The zero-order valence-corrected chi connectivity index (χ0v) is 14.1. The van der Waals surface area contributed by atoms with Crippen LogP contribution in [-0.4, -0.2) is 62.4 Å². The maximum absolute atomic E-state index is 12.5. The van der Waals surface area contributed by atoms with Gasteiger partial charge < -0.3 is 14.4 Å². The highest BCUT2D eigenvalue weighted by atomic mass is 79.9. The first-order valence-electron chi connectivity index (χ1n) is 6.39. The summed E-state index contributed by atoms with van der Waals surface area (Å²) in [5, 5.41) is 8.86. The Labute approximate surface area is 131 Å². The highest BCUT2D eigenvalue weighted by Crippen LogP contribution is 2.29. The van der Waals surface area contributed by atoms with E-state index in [2.05, 4.69) is 20.8 Å². The number of nitrogens with zero attached hydrogens (tertiary/aromatic N) is 2. The Balaban J connectivity index is 2.19. The van der Waals surface area contributed by atoms with Gasteiger partial charge in [0.15, 0.2) is 4.67 Å². The van der Waals surface area contributed by atoms with Gasteiger partial charge in [0.1, 0.15) is 4.90 Å². The highest BCUT2D eigenvalue weighted by molar-refractivity contribution is 9.10. The van der Waals surface area contributed by atoms with Crippen LogP contribution >= 0.6 is 15.9 Å².